The highest BCUT2D eigenvalue weighted by Crippen LogP contribution is 1.92. The fraction of sp³-hybridized carbons (Fsp3) is 0.875. The van der Waals surface area contributed by atoms with E-state index in [-0.39, 0.29) is 6.61 Å². The maximum atomic E-state index is 8.81. The third kappa shape index (κ3) is 12.7. The van der Waals surface area contributed by atoms with Gasteiger partial charge in [-0.15, -0.1) is 0 Å². The smallest absolute Gasteiger partial charge is 0.116 e. The van der Waals surface area contributed by atoms with E-state index in [1.807, 2.05) is 7.05 Å². The van der Waals surface area contributed by atoms with Gasteiger partial charge in [0.25, 0.3) is 0 Å². The first-order chi connectivity index (χ1) is 5.26. The molecule has 0 saturated carbocycles. The average molecular weight is 161 g/mol. The maximum absolute atomic E-state index is 8.81. The van der Waals surface area contributed by atoms with Gasteiger partial charge in [0, 0.05) is 6.04 Å². The Hall–Kier alpha value is -0.410. The Kier molecular flexibility index (Phi) is 14.7. The quantitative estimate of drug-likeness (QED) is 0.593. The second-order valence-electron chi connectivity index (χ2n) is 2.19. The number of hydrogen-bond donors (Lipinski definition) is 2. The van der Waals surface area contributed by atoms with Crippen LogP contribution in [0.5, 0.6) is 0 Å². The van der Waals surface area contributed by atoms with Crippen LogP contribution in [0.3, 0.4) is 0 Å². The molecule has 68 valence electrons. The molecule has 0 heterocycles. The van der Waals surface area contributed by atoms with Crippen molar-refractivity contribution in [2.24, 2.45) is 0 Å². The number of rotatable bonds is 4. The number of carbonyl (C=O) groups is 1. The highest BCUT2D eigenvalue weighted by Gasteiger charge is 1.99. The Labute approximate surface area is 68.8 Å². The molecule has 1 unspecified atom stereocenters. The van der Waals surface area contributed by atoms with Gasteiger partial charge in [-0.2, -0.15) is 0 Å². The third-order valence-corrected chi connectivity index (χ3v) is 1.27. The molecule has 11 heavy (non-hydrogen) atoms. The van der Waals surface area contributed by atoms with Gasteiger partial charge in [0.05, 0.1) is 6.61 Å². The van der Waals surface area contributed by atoms with E-state index in [9.17, 15) is 0 Å². The van der Waals surface area contributed by atoms with Gasteiger partial charge in [-0.3, -0.25) is 0 Å². The first-order valence-electron chi connectivity index (χ1n) is 3.94. The fourth-order valence-corrected chi connectivity index (χ4v) is 0.675. The van der Waals surface area contributed by atoms with Crippen molar-refractivity contribution in [1.29, 1.82) is 0 Å². The van der Waals surface area contributed by atoms with Crippen LogP contribution in [0.15, 0.2) is 0 Å². The van der Waals surface area contributed by atoms with Crippen LogP contribution in [0, 0.1) is 0 Å². The Balaban J connectivity index is 0. The summed E-state index contributed by atoms with van der Waals surface area (Å²) >= 11 is 0. The minimum atomic E-state index is 0.254. The number of nitrogens with one attached hydrogen (secondary N) is 1. The molecular weight excluding hydrogens is 142 g/mol. The Bertz CT molecular complexity index is 72.5. The lowest BCUT2D eigenvalue weighted by Crippen LogP contribution is -2.28. The molecule has 0 saturated heterocycles. The summed E-state index contributed by atoms with van der Waals surface area (Å²) in [4.78, 5) is 8.81. The lowest BCUT2D eigenvalue weighted by molar-refractivity contribution is -0.106. The topological polar surface area (TPSA) is 49.3 Å². The van der Waals surface area contributed by atoms with Gasteiger partial charge in [0.2, 0.25) is 0 Å². The summed E-state index contributed by atoms with van der Waals surface area (Å²) in [6, 6.07) is 0.306. The summed E-state index contributed by atoms with van der Waals surface area (Å²) in [5, 5.41) is 11.6. The minimum Gasteiger partial charge on any atom is -0.395 e. The molecular formula is C8H19NO2. The van der Waals surface area contributed by atoms with Crippen LogP contribution in [0.25, 0.3) is 0 Å². The van der Waals surface area contributed by atoms with E-state index in [0.717, 1.165) is 19.1 Å². The maximum Gasteiger partial charge on any atom is 0.116 e. The Morgan fingerprint density at radius 3 is 2.18 bits per heavy atom. The van der Waals surface area contributed by atoms with Crippen LogP contribution in [-0.2, 0) is 4.79 Å². The molecule has 0 radical (unpaired) electrons. The van der Waals surface area contributed by atoms with Gasteiger partial charge in [-0.05, 0) is 20.4 Å². The average Bonchev–Trinajstić information content (AvgIpc) is 2.02. The van der Waals surface area contributed by atoms with Crippen LogP contribution in [0.4, 0.5) is 0 Å². The largest absolute Gasteiger partial charge is 0.395 e. The van der Waals surface area contributed by atoms with Crippen LogP contribution >= 0.6 is 0 Å². The van der Waals surface area contributed by atoms with Crippen LogP contribution in [0.1, 0.15) is 26.7 Å². The van der Waals surface area contributed by atoms with Crippen molar-refractivity contribution in [2.45, 2.75) is 32.7 Å². The number of likely N-dealkylation sites (N-methyl/N-ethyl adjacent to an activating group) is 1. The van der Waals surface area contributed by atoms with Crippen molar-refractivity contribution in [3.63, 3.8) is 0 Å². The van der Waals surface area contributed by atoms with Crippen molar-refractivity contribution in [1.82, 2.24) is 5.32 Å². The van der Waals surface area contributed by atoms with E-state index in [4.69, 9.17) is 9.90 Å². The molecule has 2 N–H and O–H groups in total. The van der Waals surface area contributed by atoms with Crippen molar-refractivity contribution in [2.75, 3.05) is 13.7 Å². The number of carbonyl (C=O) groups excluding carboxylic acids is 1. The molecule has 3 nitrogen and oxygen atoms in total. The normalized spacial score (nSPS) is 11.3. The van der Waals surface area contributed by atoms with Gasteiger partial charge in [0.15, 0.2) is 0 Å². The lowest BCUT2D eigenvalue weighted by Gasteiger charge is -2.09. The third-order valence-electron chi connectivity index (χ3n) is 1.27. The second-order valence-corrected chi connectivity index (χ2v) is 2.19. The number of aliphatic hydroxyl groups is 1. The summed E-state index contributed by atoms with van der Waals surface area (Å²) in [7, 11) is 1.87. The summed E-state index contributed by atoms with van der Waals surface area (Å²) in [5.41, 5.74) is 0. The van der Waals surface area contributed by atoms with Crippen LogP contribution < -0.4 is 5.32 Å². The van der Waals surface area contributed by atoms with E-state index >= 15 is 0 Å². The molecule has 0 fully saturated rings. The lowest BCUT2D eigenvalue weighted by atomic mass is 10.2. The molecule has 1 atom stereocenters. The summed E-state index contributed by atoms with van der Waals surface area (Å²) in [6.07, 6.45) is 2.94. The molecule has 0 aromatic carbocycles. The van der Waals surface area contributed by atoms with E-state index in [1.54, 1.807) is 0 Å². The molecule has 0 aromatic heterocycles. The standard InChI is InChI=1S/C6H15NO.C2H4O/c1-3-4-6(5-8)7-2;1-2-3/h6-8H,3-5H2,1-2H3;2H,1H3. The van der Waals surface area contributed by atoms with E-state index < -0.39 is 0 Å². The molecule has 0 spiro atoms. The van der Waals surface area contributed by atoms with Crippen molar-refractivity contribution >= 4 is 6.29 Å². The molecule has 0 aliphatic rings. The van der Waals surface area contributed by atoms with Gasteiger partial charge < -0.3 is 15.2 Å². The van der Waals surface area contributed by atoms with Crippen molar-refractivity contribution in [3.8, 4) is 0 Å². The van der Waals surface area contributed by atoms with Gasteiger partial charge in [-0.1, -0.05) is 13.3 Å². The number of aliphatic hydroxyl groups excluding tert-OH is 1. The predicted octanol–water partition coefficient (Wildman–Crippen LogP) is 0.572. The predicted molar refractivity (Wildman–Crippen MR) is 46.6 cm³/mol. The second kappa shape index (κ2) is 12.3. The van der Waals surface area contributed by atoms with Gasteiger partial charge in [0.1, 0.15) is 6.29 Å². The minimum absolute atomic E-state index is 0.254. The zero-order valence-corrected chi connectivity index (χ0v) is 7.63. The first kappa shape index (κ1) is 13.2. The first-order valence-corrected chi connectivity index (χ1v) is 3.94. The zero-order valence-electron chi connectivity index (χ0n) is 7.63. The van der Waals surface area contributed by atoms with Crippen LogP contribution in [0.2, 0.25) is 0 Å². The van der Waals surface area contributed by atoms with E-state index in [1.165, 1.54) is 6.92 Å². The van der Waals surface area contributed by atoms with E-state index in [0.29, 0.717) is 6.04 Å². The highest BCUT2D eigenvalue weighted by atomic mass is 16.3. The summed E-state index contributed by atoms with van der Waals surface area (Å²) in [5.74, 6) is 0. The molecule has 0 rings (SSSR count). The fourth-order valence-electron chi connectivity index (χ4n) is 0.675. The monoisotopic (exact) mass is 161 g/mol. The van der Waals surface area contributed by atoms with Crippen LogP contribution in [-0.4, -0.2) is 31.1 Å². The number of aldehydes is 1. The Morgan fingerprint density at radius 1 is 1.64 bits per heavy atom. The summed E-state index contributed by atoms with van der Waals surface area (Å²) < 4.78 is 0. The molecule has 0 aliphatic heterocycles. The molecule has 0 bridgehead atoms. The van der Waals surface area contributed by atoms with Gasteiger partial charge in [-0.25, -0.2) is 0 Å². The highest BCUT2D eigenvalue weighted by molar-refractivity contribution is 5.44. The Morgan fingerprint density at radius 2 is 2.09 bits per heavy atom. The zero-order chi connectivity index (χ0) is 9.11. The molecule has 0 aromatic rings. The molecule has 0 amide bonds. The van der Waals surface area contributed by atoms with Crippen molar-refractivity contribution in [3.05, 3.63) is 0 Å². The summed E-state index contributed by atoms with van der Waals surface area (Å²) in [6.45, 7) is 3.81. The van der Waals surface area contributed by atoms with Gasteiger partial charge >= 0.3 is 0 Å². The number of hydrogen-bond acceptors (Lipinski definition) is 3. The molecule has 3 heteroatoms. The molecule has 0 aliphatic carbocycles. The SMILES string of the molecule is CC=O.CCCC(CO)NC. The van der Waals surface area contributed by atoms with Crippen molar-refractivity contribution < 1.29 is 9.90 Å². The van der Waals surface area contributed by atoms with E-state index in [2.05, 4.69) is 12.2 Å².